The number of ether oxygens (including phenoxy) is 1. The van der Waals surface area contributed by atoms with Crippen LogP contribution >= 0.6 is 0 Å². The number of para-hydroxylation sites is 1. The number of carbonyl (C=O) groups excluding carboxylic acids is 3. The topological polar surface area (TPSA) is 113 Å². The molecule has 162 valence electrons. The van der Waals surface area contributed by atoms with E-state index in [0.717, 1.165) is 4.90 Å². The van der Waals surface area contributed by atoms with Gasteiger partial charge in [0.1, 0.15) is 12.3 Å². The maximum absolute atomic E-state index is 13.3. The average Bonchev–Trinajstić information content (AvgIpc) is 3.18. The van der Waals surface area contributed by atoms with E-state index < -0.39 is 45.8 Å². The van der Waals surface area contributed by atoms with Crippen LogP contribution < -0.4 is 10.1 Å². The van der Waals surface area contributed by atoms with Crippen molar-refractivity contribution < 1.29 is 27.5 Å². The molecule has 3 aliphatic heterocycles. The molecule has 10 heteroatoms. The molecule has 0 saturated carbocycles. The van der Waals surface area contributed by atoms with Gasteiger partial charge >= 0.3 is 6.03 Å². The van der Waals surface area contributed by atoms with E-state index in [1.807, 2.05) is 6.92 Å². The van der Waals surface area contributed by atoms with Crippen LogP contribution in [-0.2, 0) is 25.0 Å². The van der Waals surface area contributed by atoms with Crippen molar-refractivity contribution in [2.24, 2.45) is 0 Å². The standard InChI is InChI=1S/C20H25N3O6S/c1-2-9-22(14-7-11-30(27,28)13-14)17(24)12-23-18(25)20(21-19(23)26)8-10-29-16-6-4-3-5-15(16)20/h3-6,14H,2,7-13H2,1H3,(H,21,26)/t14-,20+/m0/s1. The minimum atomic E-state index is -3.16. The number of amides is 4. The van der Waals surface area contributed by atoms with Gasteiger partial charge in [-0.1, -0.05) is 25.1 Å². The van der Waals surface area contributed by atoms with Gasteiger partial charge in [-0.15, -0.1) is 0 Å². The van der Waals surface area contributed by atoms with Crippen LogP contribution in [0.15, 0.2) is 24.3 Å². The van der Waals surface area contributed by atoms with Crippen molar-refractivity contribution >= 4 is 27.7 Å². The zero-order valence-corrected chi connectivity index (χ0v) is 17.6. The zero-order chi connectivity index (χ0) is 21.5. The lowest BCUT2D eigenvalue weighted by molar-refractivity contribution is -0.140. The number of nitrogens with zero attached hydrogens (tertiary/aromatic N) is 2. The number of hydrogen-bond acceptors (Lipinski definition) is 6. The number of carbonyl (C=O) groups is 3. The second-order valence-electron chi connectivity index (χ2n) is 7.97. The van der Waals surface area contributed by atoms with Gasteiger partial charge in [0.05, 0.1) is 18.1 Å². The summed E-state index contributed by atoms with van der Waals surface area (Å²) in [5, 5.41) is 2.78. The molecule has 3 aliphatic rings. The summed E-state index contributed by atoms with van der Waals surface area (Å²) in [6, 6.07) is 6.00. The summed E-state index contributed by atoms with van der Waals surface area (Å²) in [5.74, 6) is -0.386. The molecule has 0 aliphatic carbocycles. The summed E-state index contributed by atoms with van der Waals surface area (Å²) in [4.78, 5) is 41.5. The van der Waals surface area contributed by atoms with E-state index in [-0.39, 0.29) is 24.5 Å². The van der Waals surface area contributed by atoms with Crippen molar-refractivity contribution in [2.45, 2.75) is 37.8 Å². The number of imide groups is 1. The number of hydrogen-bond donors (Lipinski definition) is 1. The summed E-state index contributed by atoms with van der Waals surface area (Å²) >= 11 is 0. The predicted octanol–water partition coefficient (Wildman–Crippen LogP) is 0.642. The number of rotatable bonds is 5. The SMILES string of the molecule is CCCN(C(=O)CN1C(=O)N[C@@]2(CCOc3ccccc32)C1=O)[C@H]1CCS(=O)(=O)C1. The maximum atomic E-state index is 13.3. The molecular weight excluding hydrogens is 410 g/mol. The van der Waals surface area contributed by atoms with Crippen molar-refractivity contribution in [2.75, 3.05) is 31.2 Å². The van der Waals surface area contributed by atoms with Gasteiger partial charge in [-0.3, -0.25) is 14.5 Å². The average molecular weight is 436 g/mol. The van der Waals surface area contributed by atoms with Gasteiger partial charge in [-0.05, 0) is 18.9 Å². The summed E-state index contributed by atoms with van der Waals surface area (Å²) in [7, 11) is -3.16. The lowest BCUT2D eigenvalue weighted by Gasteiger charge is -2.33. The number of urea groups is 1. The van der Waals surface area contributed by atoms with Crippen LogP contribution in [-0.4, -0.2) is 73.3 Å². The Bertz CT molecular complexity index is 994. The van der Waals surface area contributed by atoms with Gasteiger partial charge in [0, 0.05) is 24.6 Å². The molecule has 30 heavy (non-hydrogen) atoms. The molecule has 2 fully saturated rings. The highest BCUT2D eigenvalue weighted by Crippen LogP contribution is 2.41. The largest absolute Gasteiger partial charge is 0.493 e. The molecule has 1 aromatic rings. The quantitative estimate of drug-likeness (QED) is 0.679. The molecule has 2 atom stereocenters. The number of fused-ring (bicyclic) bond motifs is 2. The Morgan fingerprint density at radius 2 is 2.10 bits per heavy atom. The summed E-state index contributed by atoms with van der Waals surface area (Å²) in [6.07, 6.45) is 1.30. The molecule has 1 N–H and O–H groups in total. The van der Waals surface area contributed by atoms with E-state index in [2.05, 4.69) is 5.32 Å². The fourth-order valence-electron chi connectivity index (χ4n) is 4.51. The Morgan fingerprint density at radius 3 is 2.80 bits per heavy atom. The smallest absolute Gasteiger partial charge is 0.325 e. The van der Waals surface area contributed by atoms with Crippen LogP contribution in [0.1, 0.15) is 31.7 Å². The molecular formula is C20H25N3O6S. The molecule has 0 radical (unpaired) electrons. The third kappa shape index (κ3) is 3.42. The predicted molar refractivity (Wildman–Crippen MR) is 108 cm³/mol. The third-order valence-corrected chi connectivity index (χ3v) is 7.73. The first-order valence-corrected chi connectivity index (χ1v) is 12.0. The van der Waals surface area contributed by atoms with E-state index in [1.165, 1.54) is 4.90 Å². The highest BCUT2D eigenvalue weighted by molar-refractivity contribution is 7.91. The molecule has 0 aromatic heterocycles. The highest BCUT2D eigenvalue weighted by Gasteiger charge is 2.55. The fourth-order valence-corrected chi connectivity index (χ4v) is 6.25. The van der Waals surface area contributed by atoms with E-state index in [0.29, 0.717) is 30.7 Å². The minimum Gasteiger partial charge on any atom is -0.493 e. The van der Waals surface area contributed by atoms with E-state index in [1.54, 1.807) is 24.3 Å². The van der Waals surface area contributed by atoms with Gasteiger partial charge in [0.15, 0.2) is 15.4 Å². The van der Waals surface area contributed by atoms with Gasteiger partial charge in [0.2, 0.25) is 5.91 Å². The Labute approximate surface area is 175 Å². The summed E-state index contributed by atoms with van der Waals surface area (Å²) in [5.41, 5.74) is -0.657. The van der Waals surface area contributed by atoms with Crippen molar-refractivity contribution in [3.63, 3.8) is 0 Å². The molecule has 2 saturated heterocycles. The Hall–Kier alpha value is -2.62. The van der Waals surface area contributed by atoms with Gasteiger partial charge in [-0.25, -0.2) is 13.2 Å². The molecule has 0 bridgehead atoms. The lowest BCUT2D eigenvalue weighted by atomic mass is 9.84. The number of nitrogens with one attached hydrogen (secondary N) is 1. The lowest BCUT2D eigenvalue weighted by Crippen LogP contribution is -2.49. The van der Waals surface area contributed by atoms with Crippen molar-refractivity contribution in [3.8, 4) is 5.75 Å². The molecule has 4 rings (SSSR count). The zero-order valence-electron chi connectivity index (χ0n) is 16.8. The summed E-state index contributed by atoms with van der Waals surface area (Å²) in [6.45, 7) is 2.13. The van der Waals surface area contributed by atoms with Crippen LogP contribution in [0.5, 0.6) is 5.75 Å². The third-order valence-electron chi connectivity index (χ3n) is 5.98. The normalized spacial score (nSPS) is 27.0. The van der Waals surface area contributed by atoms with Crippen LogP contribution in [0.25, 0.3) is 0 Å². The highest BCUT2D eigenvalue weighted by atomic mass is 32.2. The van der Waals surface area contributed by atoms with Gasteiger partial charge in [0.25, 0.3) is 5.91 Å². The van der Waals surface area contributed by atoms with Gasteiger partial charge in [-0.2, -0.15) is 0 Å². The van der Waals surface area contributed by atoms with E-state index >= 15 is 0 Å². The van der Waals surface area contributed by atoms with Crippen LogP contribution in [0, 0.1) is 0 Å². The van der Waals surface area contributed by atoms with E-state index in [9.17, 15) is 22.8 Å². The van der Waals surface area contributed by atoms with Crippen molar-refractivity contribution in [1.29, 1.82) is 0 Å². The fraction of sp³-hybridized carbons (Fsp3) is 0.550. The summed E-state index contributed by atoms with van der Waals surface area (Å²) < 4.78 is 29.3. The number of sulfone groups is 1. The second-order valence-corrected chi connectivity index (χ2v) is 10.2. The van der Waals surface area contributed by atoms with Gasteiger partial charge < -0.3 is 15.0 Å². The molecule has 0 unspecified atom stereocenters. The Morgan fingerprint density at radius 1 is 1.33 bits per heavy atom. The van der Waals surface area contributed by atoms with Crippen LogP contribution in [0.2, 0.25) is 0 Å². The van der Waals surface area contributed by atoms with E-state index in [4.69, 9.17) is 4.74 Å². The molecule has 3 heterocycles. The Balaban J connectivity index is 1.56. The first-order valence-electron chi connectivity index (χ1n) is 10.1. The molecule has 1 spiro atoms. The van der Waals surface area contributed by atoms with Crippen LogP contribution in [0.4, 0.5) is 4.79 Å². The molecule has 4 amide bonds. The van der Waals surface area contributed by atoms with Crippen molar-refractivity contribution in [3.05, 3.63) is 29.8 Å². The second kappa shape index (κ2) is 7.57. The minimum absolute atomic E-state index is 0.0498. The first kappa shape index (κ1) is 20.6. The molecule has 1 aromatic carbocycles. The number of benzene rings is 1. The van der Waals surface area contributed by atoms with Crippen LogP contribution in [0.3, 0.4) is 0 Å². The Kier molecular flexibility index (Phi) is 5.21. The first-order chi connectivity index (χ1) is 14.3. The maximum Gasteiger partial charge on any atom is 0.325 e. The molecule has 9 nitrogen and oxygen atoms in total. The monoisotopic (exact) mass is 435 g/mol. The van der Waals surface area contributed by atoms with Crippen molar-refractivity contribution in [1.82, 2.24) is 15.1 Å².